The van der Waals surface area contributed by atoms with E-state index in [2.05, 4.69) is 10.6 Å². The van der Waals surface area contributed by atoms with Gasteiger partial charge in [0.25, 0.3) is 11.8 Å². The van der Waals surface area contributed by atoms with Gasteiger partial charge in [-0.05, 0) is 56.1 Å². The van der Waals surface area contributed by atoms with Crippen molar-refractivity contribution in [2.45, 2.75) is 24.2 Å². The number of fused-ring (bicyclic) bond motifs is 2. The Balaban J connectivity index is 1.18. The first kappa shape index (κ1) is 18.8. The Kier molecular flexibility index (Phi) is 5.54. The Labute approximate surface area is 166 Å². The van der Waals surface area contributed by atoms with E-state index in [4.69, 9.17) is 0 Å². The topological polar surface area (TPSA) is 78.5 Å². The fraction of sp³-hybridized carbons (Fsp3) is 0.333. The average Bonchev–Trinajstić information content (AvgIpc) is 3.21. The molecule has 0 saturated carbocycles. The van der Waals surface area contributed by atoms with Crippen LogP contribution >= 0.6 is 0 Å². The zero-order valence-corrected chi connectivity index (χ0v) is 16.4. The molecule has 2 aromatic rings. The highest BCUT2D eigenvalue weighted by Crippen LogP contribution is 2.29. The number of rotatable bonds is 8. The predicted molar refractivity (Wildman–Crippen MR) is 109 cm³/mol. The quantitative estimate of drug-likeness (QED) is 0.528. The van der Waals surface area contributed by atoms with Crippen molar-refractivity contribution >= 4 is 28.3 Å². The third kappa shape index (κ3) is 3.59. The van der Waals surface area contributed by atoms with E-state index in [1.54, 1.807) is 24.3 Å². The van der Waals surface area contributed by atoms with E-state index in [1.807, 2.05) is 18.2 Å². The molecule has 1 unspecified atom stereocenters. The molecular weight excluding hydrogens is 374 g/mol. The van der Waals surface area contributed by atoms with Crippen molar-refractivity contribution in [3.8, 4) is 0 Å². The molecule has 4 rings (SSSR count). The van der Waals surface area contributed by atoms with Crippen LogP contribution in [0, 0.1) is 0 Å². The number of hydrogen-bond acceptors (Lipinski definition) is 5. The van der Waals surface area contributed by atoms with E-state index in [-0.39, 0.29) is 11.8 Å². The van der Waals surface area contributed by atoms with Gasteiger partial charge in [0, 0.05) is 6.54 Å². The highest BCUT2D eigenvalue weighted by Gasteiger charge is 2.34. The maximum Gasteiger partial charge on any atom is 0.261 e. The minimum absolute atomic E-state index is 0.187. The van der Waals surface area contributed by atoms with Gasteiger partial charge in [0.15, 0.2) is 0 Å². The molecule has 2 heterocycles. The van der Waals surface area contributed by atoms with Crippen molar-refractivity contribution in [2.24, 2.45) is 0 Å². The Hall–Kier alpha value is -2.51. The summed E-state index contributed by atoms with van der Waals surface area (Å²) in [7, 11) is -0.953. The van der Waals surface area contributed by atoms with Crippen LogP contribution in [0.5, 0.6) is 0 Å². The molecule has 2 amide bonds. The summed E-state index contributed by atoms with van der Waals surface area (Å²) in [6.07, 6.45) is 2.48. The summed E-state index contributed by atoms with van der Waals surface area (Å²) in [5.41, 5.74) is 3.12. The number of nitrogens with one attached hydrogen (secondary N) is 2. The molecule has 7 heteroatoms. The fourth-order valence-corrected chi connectivity index (χ4v) is 4.99. The first-order valence-electron chi connectivity index (χ1n) is 9.57. The van der Waals surface area contributed by atoms with Crippen LogP contribution in [0.3, 0.4) is 0 Å². The Bertz CT molecular complexity index is 909. The summed E-state index contributed by atoms with van der Waals surface area (Å²) in [4.78, 5) is 26.9. The van der Waals surface area contributed by atoms with Gasteiger partial charge in [-0.15, -0.1) is 0 Å². The number of carbonyl (C=O) groups is 2. The van der Waals surface area contributed by atoms with Crippen LogP contribution in [0.15, 0.2) is 47.4 Å². The van der Waals surface area contributed by atoms with Crippen LogP contribution in [-0.4, -0.2) is 46.4 Å². The Morgan fingerprint density at radius 1 is 0.964 bits per heavy atom. The molecule has 0 saturated heterocycles. The lowest BCUT2D eigenvalue weighted by atomic mass is 10.1. The van der Waals surface area contributed by atoms with Gasteiger partial charge in [-0.25, -0.2) is 0 Å². The van der Waals surface area contributed by atoms with Crippen LogP contribution in [0.25, 0.3) is 0 Å². The van der Waals surface area contributed by atoms with Crippen molar-refractivity contribution in [3.63, 3.8) is 0 Å². The van der Waals surface area contributed by atoms with Gasteiger partial charge in [-0.1, -0.05) is 24.3 Å². The molecule has 28 heavy (non-hydrogen) atoms. The summed E-state index contributed by atoms with van der Waals surface area (Å²) in [6.45, 7) is 2.07. The van der Waals surface area contributed by atoms with Gasteiger partial charge in [-0.3, -0.25) is 18.7 Å². The zero-order chi connectivity index (χ0) is 19.5. The average molecular weight is 398 g/mol. The molecule has 0 spiro atoms. The number of carbonyl (C=O) groups excluding carboxylic acids is 2. The summed E-state index contributed by atoms with van der Waals surface area (Å²) < 4.78 is 12.1. The summed E-state index contributed by atoms with van der Waals surface area (Å²) in [5, 5.41) is 6.57. The normalized spacial score (nSPS) is 17.6. The first-order valence-corrected chi connectivity index (χ1v) is 10.9. The number of imide groups is 1. The molecule has 1 atom stereocenters. The van der Waals surface area contributed by atoms with Crippen molar-refractivity contribution in [1.82, 2.24) is 10.2 Å². The standard InChI is InChI=1S/C21H23N3O3S/c25-20-16-7-1-2-8-17(16)21(26)24(20)13-4-3-11-22-12-10-15-6-5-9-18-19(15)28(27)14-23-18/h1-2,5-9,22-23H,3-4,10-14H2. The second kappa shape index (κ2) is 8.24. The summed E-state index contributed by atoms with van der Waals surface area (Å²) in [5.74, 6) is 0.124. The van der Waals surface area contributed by atoms with Gasteiger partial charge in [0.1, 0.15) is 0 Å². The number of anilines is 1. The Morgan fingerprint density at radius 3 is 2.46 bits per heavy atom. The largest absolute Gasteiger partial charge is 0.372 e. The van der Waals surface area contributed by atoms with Gasteiger partial charge < -0.3 is 10.6 Å². The fourth-order valence-electron chi connectivity index (χ4n) is 3.72. The molecule has 2 aliphatic heterocycles. The molecule has 0 aromatic heterocycles. The van der Waals surface area contributed by atoms with E-state index in [9.17, 15) is 13.8 Å². The Morgan fingerprint density at radius 2 is 1.71 bits per heavy atom. The monoisotopic (exact) mass is 397 g/mol. The molecule has 0 fully saturated rings. The number of hydrogen-bond donors (Lipinski definition) is 2. The molecule has 0 radical (unpaired) electrons. The van der Waals surface area contributed by atoms with Crippen molar-refractivity contribution in [2.75, 3.05) is 30.8 Å². The van der Waals surface area contributed by atoms with Gasteiger partial charge in [0.05, 0.1) is 38.4 Å². The molecule has 0 bridgehead atoms. The smallest absolute Gasteiger partial charge is 0.261 e. The van der Waals surface area contributed by atoms with Crippen LogP contribution in [0.1, 0.15) is 39.1 Å². The van der Waals surface area contributed by atoms with Crippen molar-refractivity contribution in [1.29, 1.82) is 0 Å². The third-order valence-corrected chi connectivity index (χ3v) is 6.50. The van der Waals surface area contributed by atoms with Gasteiger partial charge >= 0.3 is 0 Å². The van der Waals surface area contributed by atoms with Gasteiger partial charge in [0.2, 0.25) is 0 Å². The zero-order valence-electron chi connectivity index (χ0n) is 15.6. The van der Waals surface area contributed by atoms with E-state index < -0.39 is 10.8 Å². The molecule has 146 valence electrons. The molecule has 2 aliphatic rings. The van der Waals surface area contributed by atoms with Crippen LogP contribution < -0.4 is 10.6 Å². The molecular formula is C21H23N3O3S. The van der Waals surface area contributed by atoms with Crippen molar-refractivity contribution < 1.29 is 13.8 Å². The highest BCUT2D eigenvalue weighted by molar-refractivity contribution is 7.85. The maximum absolute atomic E-state index is 12.3. The minimum atomic E-state index is -0.953. The lowest BCUT2D eigenvalue weighted by Gasteiger charge is -2.13. The highest BCUT2D eigenvalue weighted by atomic mass is 32.2. The lowest BCUT2D eigenvalue weighted by Crippen LogP contribution is -2.31. The number of nitrogens with zero attached hydrogens (tertiary/aromatic N) is 1. The van der Waals surface area contributed by atoms with Gasteiger partial charge in [-0.2, -0.15) is 0 Å². The summed E-state index contributed by atoms with van der Waals surface area (Å²) in [6, 6.07) is 13.0. The van der Waals surface area contributed by atoms with Crippen LogP contribution in [-0.2, 0) is 17.2 Å². The van der Waals surface area contributed by atoms with Crippen molar-refractivity contribution in [3.05, 3.63) is 59.2 Å². The second-order valence-corrected chi connectivity index (χ2v) is 8.36. The van der Waals surface area contributed by atoms with E-state index in [0.717, 1.165) is 48.5 Å². The SMILES string of the molecule is O=C1c2ccccc2C(=O)N1CCCCNCCc1cccc2c1S(=O)CN2. The second-order valence-electron chi connectivity index (χ2n) is 6.98. The van der Waals surface area contributed by atoms with E-state index in [1.165, 1.54) is 4.90 Å². The lowest BCUT2D eigenvalue weighted by molar-refractivity contribution is 0.0651. The number of amides is 2. The third-order valence-electron chi connectivity index (χ3n) is 5.15. The van der Waals surface area contributed by atoms with Crippen LogP contribution in [0.2, 0.25) is 0 Å². The number of unbranched alkanes of at least 4 members (excludes halogenated alkanes) is 1. The van der Waals surface area contributed by atoms with E-state index in [0.29, 0.717) is 23.5 Å². The molecule has 6 nitrogen and oxygen atoms in total. The van der Waals surface area contributed by atoms with E-state index >= 15 is 0 Å². The first-order chi connectivity index (χ1) is 13.7. The molecule has 2 N–H and O–H groups in total. The number of benzene rings is 2. The minimum Gasteiger partial charge on any atom is -0.372 e. The molecule has 0 aliphatic carbocycles. The maximum atomic E-state index is 12.3. The summed E-state index contributed by atoms with van der Waals surface area (Å²) >= 11 is 0. The predicted octanol–water partition coefficient (Wildman–Crippen LogP) is 2.39. The van der Waals surface area contributed by atoms with Crippen LogP contribution in [0.4, 0.5) is 5.69 Å². The molecule has 2 aromatic carbocycles.